The van der Waals surface area contributed by atoms with E-state index in [1.165, 1.54) is 12.1 Å². The van der Waals surface area contributed by atoms with Crippen molar-refractivity contribution in [1.82, 2.24) is 5.32 Å². The highest BCUT2D eigenvalue weighted by Crippen LogP contribution is 2.25. The predicted octanol–water partition coefficient (Wildman–Crippen LogP) is 1.95. The van der Waals surface area contributed by atoms with Crippen molar-refractivity contribution in [3.05, 3.63) is 29.6 Å². The maximum Gasteiger partial charge on any atom is 0.428 e. The molecule has 0 amide bonds. The maximum atomic E-state index is 13.5. The third-order valence-electron chi connectivity index (χ3n) is 2.64. The van der Waals surface area contributed by atoms with Gasteiger partial charge in [0.2, 0.25) is 6.23 Å². The summed E-state index contributed by atoms with van der Waals surface area (Å²) in [7, 11) is 0. The first-order valence-electron chi connectivity index (χ1n) is 5.68. The molecule has 2 atom stereocenters. The normalized spacial score (nSPS) is 22.6. The van der Waals surface area contributed by atoms with Gasteiger partial charge >= 0.3 is 6.18 Å². The van der Waals surface area contributed by atoms with Gasteiger partial charge in [0.05, 0.1) is 11.6 Å². The Kier molecular flexibility index (Phi) is 4.11. The van der Waals surface area contributed by atoms with Gasteiger partial charge in [-0.05, 0) is 18.2 Å². The highest BCUT2D eigenvalue weighted by molar-refractivity contribution is 5.35. The van der Waals surface area contributed by atoms with Crippen LogP contribution in [0.1, 0.15) is 5.56 Å². The number of nitrogens with one attached hydrogen (secondary N) is 1. The number of halogens is 4. The maximum absolute atomic E-state index is 13.5. The molecule has 0 saturated carbocycles. The van der Waals surface area contributed by atoms with E-state index in [2.05, 4.69) is 5.32 Å². The van der Waals surface area contributed by atoms with Crippen molar-refractivity contribution in [1.29, 1.82) is 5.26 Å². The van der Waals surface area contributed by atoms with Gasteiger partial charge in [0.15, 0.2) is 11.6 Å². The van der Waals surface area contributed by atoms with Crippen molar-refractivity contribution >= 4 is 0 Å². The lowest BCUT2D eigenvalue weighted by Crippen LogP contribution is -2.38. The highest BCUT2D eigenvalue weighted by Gasteiger charge is 2.45. The molecule has 8 heteroatoms. The number of nitriles is 1. The van der Waals surface area contributed by atoms with Crippen LogP contribution in [-0.4, -0.2) is 31.7 Å². The summed E-state index contributed by atoms with van der Waals surface area (Å²) < 4.78 is 60.2. The summed E-state index contributed by atoms with van der Waals surface area (Å²) in [6.45, 7) is -0.259. The monoisotopic (exact) mass is 290 g/mol. The number of hydrogen-bond donors (Lipinski definition) is 1. The van der Waals surface area contributed by atoms with Crippen LogP contribution in [0.25, 0.3) is 0 Å². The lowest BCUT2D eigenvalue weighted by Gasteiger charge is -2.16. The molecule has 0 spiro atoms. The number of alkyl halides is 3. The van der Waals surface area contributed by atoms with Crippen LogP contribution in [0.2, 0.25) is 0 Å². The molecule has 1 aliphatic rings. The summed E-state index contributed by atoms with van der Waals surface area (Å²) in [4.78, 5) is 0. The number of hydrogen-bond acceptors (Lipinski definition) is 4. The van der Waals surface area contributed by atoms with E-state index >= 15 is 0 Å². The molecule has 2 rings (SSSR count). The molecule has 4 nitrogen and oxygen atoms in total. The average molecular weight is 290 g/mol. The van der Waals surface area contributed by atoms with Crippen molar-refractivity contribution in [2.75, 3.05) is 13.2 Å². The van der Waals surface area contributed by atoms with E-state index in [9.17, 15) is 17.6 Å². The summed E-state index contributed by atoms with van der Waals surface area (Å²) in [6.07, 6.45) is -7.34. The van der Waals surface area contributed by atoms with Crippen molar-refractivity contribution in [3.8, 4) is 11.8 Å². The molecule has 108 valence electrons. The Morgan fingerprint density at radius 2 is 2.20 bits per heavy atom. The standard InChI is InChI=1S/C12H10F4N2O2/c13-9-3-7(4-17)1-2-10(9)19-6-8-5-18-11(20-8)12(14,15)16/h1-3,8,11,18H,5-6H2. The zero-order chi connectivity index (χ0) is 14.8. The summed E-state index contributed by atoms with van der Waals surface area (Å²) in [5.74, 6) is -0.884. The highest BCUT2D eigenvalue weighted by atomic mass is 19.4. The van der Waals surface area contributed by atoms with Crippen LogP contribution in [0.5, 0.6) is 5.75 Å². The summed E-state index contributed by atoms with van der Waals surface area (Å²) in [5.41, 5.74) is 0.130. The molecular formula is C12H10F4N2O2. The zero-order valence-electron chi connectivity index (χ0n) is 10.1. The van der Waals surface area contributed by atoms with E-state index in [1.807, 2.05) is 0 Å². The van der Waals surface area contributed by atoms with Crippen molar-refractivity contribution in [2.45, 2.75) is 18.5 Å². The number of benzene rings is 1. The topological polar surface area (TPSA) is 54.3 Å². The number of ether oxygens (including phenoxy) is 2. The van der Waals surface area contributed by atoms with E-state index in [0.29, 0.717) is 0 Å². The van der Waals surface area contributed by atoms with E-state index in [4.69, 9.17) is 14.7 Å². The molecule has 2 unspecified atom stereocenters. The SMILES string of the molecule is N#Cc1ccc(OCC2CNC(C(F)(F)F)O2)c(F)c1. The van der Waals surface area contributed by atoms with Crippen LogP contribution in [0.4, 0.5) is 17.6 Å². The largest absolute Gasteiger partial charge is 0.488 e. The Hall–Kier alpha value is -1.85. The smallest absolute Gasteiger partial charge is 0.428 e. The fraction of sp³-hybridized carbons (Fsp3) is 0.417. The molecule has 0 aliphatic carbocycles. The Balaban J connectivity index is 1.89. The molecule has 1 N–H and O–H groups in total. The van der Waals surface area contributed by atoms with Gasteiger partial charge in [0.1, 0.15) is 12.7 Å². The van der Waals surface area contributed by atoms with Crippen LogP contribution in [0.15, 0.2) is 18.2 Å². The van der Waals surface area contributed by atoms with Gasteiger partial charge in [-0.25, -0.2) is 4.39 Å². The first-order valence-corrected chi connectivity index (χ1v) is 5.68. The van der Waals surface area contributed by atoms with Crippen LogP contribution in [0.3, 0.4) is 0 Å². The second-order valence-electron chi connectivity index (χ2n) is 4.16. The second kappa shape index (κ2) is 5.64. The average Bonchev–Trinajstić information content (AvgIpc) is 2.86. The van der Waals surface area contributed by atoms with Crippen molar-refractivity contribution in [2.24, 2.45) is 0 Å². The Labute approximate surface area is 111 Å². The third kappa shape index (κ3) is 3.37. The van der Waals surface area contributed by atoms with Gasteiger partial charge in [-0.1, -0.05) is 0 Å². The fourth-order valence-corrected chi connectivity index (χ4v) is 1.69. The quantitative estimate of drug-likeness (QED) is 0.865. The van der Waals surface area contributed by atoms with E-state index in [1.54, 1.807) is 6.07 Å². The molecule has 1 saturated heterocycles. The summed E-state index contributed by atoms with van der Waals surface area (Å²) >= 11 is 0. The lowest BCUT2D eigenvalue weighted by atomic mass is 10.2. The Morgan fingerprint density at radius 3 is 2.75 bits per heavy atom. The van der Waals surface area contributed by atoms with Gasteiger partial charge in [0.25, 0.3) is 0 Å². The van der Waals surface area contributed by atoms with Gasteiger partial charge in [0, 0.05) is 6.54 Å². The van der Waals surface area contributed by atoms with Crippen LogP contribution < -0.4 is 10.1 Å². The van der Waals surface area contributed by atoms with Crippen LogP contribution in [0, 0.1) is 17.1 Å². The first-order chi connectivity index (χ1) is 9.40. The number of nitrogens with zero attached hydrogens (tertiary/aromatic N) is 1. The minimum Gasteiger partial charge on any atom is -0.488 e. The minimum atomic E-state index is -4.49. The molecule has 1 heterocycles. The molecule has 1 aromatic rings. The molecule has 0 radical (unpaired) electrons. The third-order valence-corrected chi connectivity index (χ3v) is 2.64. The lowest BCUT2D eigenvalue weighted by molar-refractivity contribution is -0.221. The van der Waals surface area contributed by atoms with Gasteiger partial charge in [-0.3, -0.25) is 5.32 Å². The van der Waals surface area contributed by atoms with Crippen LogP contribution in [-0.2, 0) is 4.74 Å². The molecule has 0 aromatic heterocycles. The second-order valence-corrected chi connectivity index (χ2v) is 4.16. The Morgan fingerprint density at radius 1 is 1.45 bits per heavy atom. The molecular weight excluding hydrogens is 280 g/mol. The zero-order valence-corrected chi connectivity index (χ0v) is 10.1. The molecule has 0 bridgehead atoms. The minimum absolute atomic E-state index is 0.0396. The van der Waals surface area contributed by atoms with E-state index < -0.39 is 24.3 Å². The summed E-state index contributed by atoms with van der Waals surface area (Å²) in [6, 6.07) is 5.35. The van der Waals surface area contributed by atoms with E-state index in [-0.39, 0.29) is 24.5 Å². The van der Waals surface area contributed by atoms with Crippen molar-refractivity contribution in [3.63, 3.8) is 0 Å². The van der Waals surface area contributed by atoms with Gasteiger partial charge < -0.3 is 9.47 Å². The Bertz CT molecular complexity index is 527. The predicted molar refractivity (Wildman–Crippen MR) is 59.3 cm³/mol. The van der Waals surface area contributed by atoms with E-state index in [0.717, 1.165) is 6.07 Å². The fourth-order valence-electron chi connectivity index (χ4n) is 1.69. The summed E-state index contributed by atoms with van der Waals surface area (Å²) in [5, 5.41) is 10.7. The molecule has 20 heavy (non-hydrogen) atoms. The van der Waals surface area contributed by atoms with Gasteiger partial charge in [-0.15, -0.1) is 0 Å². The molecule has 1 aromatic carbocycles. The van der Waals surface area contributed by atoms with Gasteiger partial charge in [-0.2, -0.15) is 18.4 Å². The van der Waals surface area contributed by atoms with Crippen molar-refractivity contribution < 1.29 is 27.0 Å². The number of rotatable bonds is 3. The molecule has 1 fully saturated rings. The molecule has 1 aliphatic heterocycles. The van der Waals surface area contributed by atoms with Crippen LogP contribution >= 0.6 is 0 Å². The first kappa shape index (κ1) is 14.6.